The van der Waals surface area contributed by atoms with Gasteiger partial charge in [0, 0.05) is 23.8 Å². The Morgan fingerprint density at radius 3 is 2.76 bits per heavy atom. The van der Waals surface area contributed by atoms with Crippen LogP contribution >= 0.6 is 15.9 Å². The molecule has 0 aliphatic heterocycles. The fourth-order valence-electron chi connectivity index (χ4n) is 2.80. The molecule has 1 aliphatic rings. The molecule has 0 saturated heterocycles. The zero-order valence-electron chi connectivity index (χ0n) is 12.0. The van der Waals surface area contributed by atoms with Gasteiger partial charge in [0.15, 0.2) is 0 Å². The highest BCUT2D eigenvalue weighted by molar-refractivity contribution is 9.10. The average molecular weight is 348 g/mol. The van der Waals surface area contributed by atoms with Crippen LogP contribution in [0.1, 0.15) is 43.1 Å². The molecule has 1 amide bonds. The number of nitrogens with zero attached hydrogens (tertiary/aromatic N) is 2. The van der Waals surface area contributed by atoms with Crippen molar-refractivity contribution in [3.05, 3.63) is 34.7 Å². The smallest absolute Gasteiger partial charge is 0.270 e. The molecule has 1 aliphatic carbocycles. The highest BCUT2D eigenvalue weighted by Crippen LogP contribution is 2.24. The summed E-state index contributed by atoms with van der Waals surface area (Å²) in [6.45, 7) is 2.27. The molecular weight excluding hydrogens is 330 g/mol. The van der Waals surface area contributed by atoms with Gasteiger partial charge < -0.3 is 5.32 Å². The van der Waals surface area contributed by atoms with E-state index in [4.69, 9.17) is 0 Å². The van der Waals surface area contributed by atoms with E-state index < -0.39 is 0 Å². The molecule has 2 heterocycles. The van der Waals surface area contributed by atoms with Gasteiger partial charge in [-0.1, -0.05) is 6.92 Å². The normalized spacial score (nSPS) is 22.2. The van der Waals surface area contributed by atoms with Gasteiger partial charge in [-0.15, -0.1) is 0 Å². The van der Waals surface area contributed by atoms with Crippen molar-refractivity contribution in [2.24, 2.45) is 5.92 Å². The second-order valence-corrected chi connectivity index (χ2v) is 6.67. The minimum Gasteiger partial charge on any atom is -0.348 e. The number of fused-ring (bicyclic) bond motifs is 1. The minimum absolute atomic E-state index is 0.0832. The van der Waals surface area contributed by atoms with Crippen LogP contribution in [0.3, 0.4) is 0 Å². The Morgan fingerprint density at radius 1 is 1.24 bits per heavy atom. The van der Waals surface area contributed by atoms with E-state index in [0.717, 1.165) is 34.1 Å². The van der Waals surface area contributed by atoms with Crippen molar-refractivity contribution in [1.82, 2.24) is 15.3 Å². The third-order valence-corrected chi connectivity index (χ3v) is 4.72. The molecule has 2 aromatic heterocycles. The third-order valence-electron chi connectivity index (χ3n) is 4.14. The van der Waals surface area contributed by atoms with Crippen molar-refractivity contribution in [3.63, 3.8) is 0 Å². The summed E-state index contributed by atoms with van der Waals surface area (Å²) in [4.78, 5) is 20.9. The lowest BCUT2D eigenvalue weighted by atomic mass is 9.87. The van der Waals surface area contributed by atoms with E-state index in [9.17, 15) is 4.79 Å². The van der Waals surface area contributed by atoms with E-state index in [2.05, 4.69) is 38.1 Å². The molecule has 0 radical (unpaired) electrons. The maximum Gasteiger partial charge on any atom is 0.270 e. The molecule has 4 nitrogen and oxygen atoms in total. The Morgan fingerprint density at radius 2 is 2.00 bits per heavy atom. The molecule has 110 valence electrons. The summed E-state index contributed by atoms with van der Waals surface area (Å²) >= 11 is 3.43. The molecule has 3 rings (SSSR count). The number of rotatable bonds is 2. The number of nitrogens with one attached hydrogen (secondary N) is 1. The fourth-order valence-corrected chi connectivity index (χ4v) is 3.24. The Balaban J connectivity index is 1.77. The fraction of sp³-hybridized carbons (Fsp3) is 0.438. The maximum atomic E-state index is 12.3. The largest absolute Gasteiger partial charge is 0.348 e. The van der Waals surface area contributed by atoms with E-state index in [1.165, 1.54) is 12.8 Å². The van der Waals surface area contributed by atoms with Crippen LogP contribution in [-0.2, 0) is 0 Å². The first-order valence-corrected chi connectivity index (χ1v) is 8.14. The molecule has 0 unspecified atom stereocenters. The molecule has 0 atom stereocenters. The van der Waals surface area contributed by atoms with Crippen molar-refractivity contribution in [2.75, 3.05) is 0 Å². The molecule has 1 N–H and O–H groups in total. The Labute approximate surface area is 132 Å². The number of carbonyl (C=O) groups excluding carboxylic acids is 1. The van der Waals surface area contributed by atoms with E-state index in [1.54, 1.807) is 18.5 Å². The van der Waals surface area contributed by atoms with Gasteiger partial charge in [0.25, 0.3) is 5.91 Å². The number of carbonyl (C=O) groups is 1. The zero-order valence-corrected chi connectivity index (χ0v) is 13.6. The summed E-state index contributed by atoms with van der Waals surface area (Å²) in [5.74, 6) is 0.695. The van der Waals surface area contributed by atoms with Crippen molar-refractivity contribution >= 4 is 32.7 Å². The summed E-state index contributed by atoms with van der Waals surface area (Å²) in [6.07, 6.45) is 7.94. The van der Waals surface area contributed by atoms with Gasteiger partial charge in [-0.3, -0.25) is 9.78 Å². The van der Waals surface area contributed by atoms with Gasteiger partial charge in [0.2, 0.25) is 0 Å². The first-order chi connectivity index (χ1) is 10.1. The second-order valence-electron chi connectivity index (χ2n) is 5.82. The lowest BCUT2D eigenvalue weighted by Gasteiger charge is -2.26. The molecule has 1 fully saturated rings. The van der Waals surface area contributed by atoms with Gasteiger partial charge >= 0.3 is 0 Å². The average Bonchev–Trinajstić information content (AvgIpc) is 2.50. The number of aromatic nitrogens is 2. The Hall–Kier alpha value is -1.49. The van der Waals surface area contributed by atoms with Gasteiger partial charge in [-0.2, -0.15) is 0 Å². The number of halogens is 1. The number of hydrogen-bond acceptors (Lipinski definition) is 3. The van der Waals surface area contributed by atoms with Crippen LogP contribution < -0.4 is 5.32 Å². The molecule has 0 spiro atoms. The van der Waals surface area contributed by atoms with Gasteiger partial charge in [0.1, 0.15) is 5.69 Å². The lowest BCUT2D eigenvalue weighted by Crippen LogP contribution is -2.37. The summed E-state index contributed by atoms with van der Waals surface area (Å²) in [6, 6.07) is 3.93. The molecule has 0 aromatic carbocycles. The van der Waals surface area contributed by atoms with Crippen LogP contribution in [0.4, 0.5) is 0 Å². The third kappa shape index (κ3) is 3.23. The monoisotopic (exact) mass is 347 g/mol. The van der Waals surface area contributed by atoms with E-state index >= 15 is 0 Å². The van der Waals surface area contributed by atoms with Crippen LogP contribution in [0.15, 0.2) is 29.0 Å². The van der Waals surface area contributed by atoms with E-state index in [0.29, 0.717) is 5.69 Å². The molecule has 1 saturated carbocycles. The van der Waals surface area contributed by atoms with Gasteiger partial charge in [-0.25, -0.2) is 4.98 Å². The standard InChI is InChI=1S/C16H18BrN3O/c1-10-2-5-12(6-3-10)19-16(21)14-7-4-11-8-18-9-13(17)15(11)20-14/h4,7-10,12H,2-3,5-6H2,1H3,(H,19,21). The summed E-state index contributed by atoms with van der Waals surface area (Å²) in [7, 11) is 0. The predicted octanol–water partition coefficient (Wildman–Crippen LogP) is 3.70. The highest BCUT2D eigenvalue weighted by Gasteiger charge is 2.21. The number of hydrogen-bond donors (Lipinski definition) is 1. The molecule has 2 aromatic rings. The number of pyridine rings is 2. The van der Waals surface area contributed by atoms with Crippen LogP contribution in [0.2, 0.25) is 0 Å². The summed E-state index contributed by atoms with van der Waals surface area (Å²) in [5, 5.41) is 4.03. The number of amides is 1. The summed E-state index contributed by atoms with van der Waals surface area (Å²) in [5.41, 5.74) is 1.24. The van der Waals surface area contributed by atoms with E-state index in [-0.39, 0.29) is 11.9 Å². The second kappa shape index (κ2) is 6.10. The summed E-state index contributed by atoms with van der Waals surface area (Å²) < 4.78 is 0.807. The highest BCUT2D eigenvalue weighted by atomic mass is 79.9. The van der Waals surface area contributed by atoms with Crippen LogP contribution in [-0.4, -0.2) is 21.9 Å². The molecule has 5 heteroatoms. The molecule has 0 bridgehead atoms. The van der Waals surface area contributed by atoms with Crippen molar-refractivity contribution in [1.29, 1.82) is 0 Å². The van der Waals surface area contributed by atoms with Crippen molar-refractivity contribution < 1.29 is 4.79 Å². The Kier molecular flexibility index (Phi) is 4.19. The topological polar surface area (TPSA) is 54.9 Å². The maximum absolute atomic E-state index is 12.3. The van der Waals surface area contributed by atoms with Crippen molar-refractivity contribution in [3.8, 4) is 0 Å². The minimum atomic E-state index is -0.0832. The van der Waals surface area contributed by atoms with Gasteiger partial charge in [0.05, 0.1) is 9.99 Å². The zero-order chi connectivity index (χ0) is 14.8. The lowest BCUT2D eigenvalue weighted by molar-refractivity contribution is 0.0918. The molecule has 21 heavy (non-hydrogen) atoms. The quantitative estimate of drug-likeness (QED) is 0.900. The Bertz CT molecular complexity index is 666. The van der Waals surface area contributed by atoms with E-state index in [1.807, 2.05) is 6.07 Å². The molecular formula is C16H18BrN3O. The van der Waals surface area contributed by atoms with Gasteiger partial charge in [-0.05, 0) is 59.7 Å². The SMILES string of the molecule is CC1CCC(NC(=O)c2ccc3cncc(Br)c3n2)CC1. The van der Waals surface area contributed by atoms with Crippen molar-refractivity contribution in [2.45, 2.75) is 38.6 Å². The van der Waals surface area contributed by atoms with Crippen LogP contribution in [0, 0.1) is 5.92 Å². The van der Waals surface area contributed by atoms with Crippen LogP contribution in [0.25, 0.3) is 10.9 Å². The first-order valence-electron chi connectivity index (χ1n) is 7.34. The first kappa shape index (κ1) is 14.4. The predicted molar refractivity (Wildman–Crippen MR) is 86.1 cm³/mol. The van der Waals surface area contributed by atoms with Crippen LogP contribution in [0.5, 0.6) is 0 Å².